The summed E-state index contributed by atoms with van der Waals surface area (Å²) in [5.41, 5.74) is 4.56. The van der Waals surface area contributed by atoms with Crippen LogP contribution in [0.15, 0.2) is 57.1 Å². The van der Waals surface area contributed by atoms with E-state index in [1.165, 1.54) is 28.3 Å². The number of benzene rings is 1. The van der Waals surface area contributed by atoms with Crippen LogP contribution in [0.1, 0.15) is 6.42 Å². The molecule has 1 aliphatic carbocycles. The second kappa shape index (κ2) is 9.62. The Kier molecular flexibility index (Phi) is 6.77. The molecule has 13 heteroatoms. The molecule has 0 aliphatic heterocycles. The van der Waals surface area contributed by atoms with Gasteiger partial charge in [0.1, 0.15) is 11.5 Å². The normalized spacial score (nSPS) is 15.9. The number of hydrogen-bond acceptors (Lipinski definition) is 6. The molecule has 0 bridgehead atoms. The monoisotopic (exact) mass is 511 g/mol. The maximum absolute atomic E-state index is 13.3. The lowest BCUT2D eigenvalue weighted by Crippen LogP contribution is -2.41. The summed E-state index contributed by atoms with van der Waals surface area (Å²) in [6.45, 7) is 0.304. The summed E-state index contributed by atoms with van der Waals surface area (Å²) >= 11 is 6.01. The van der Waals surface area contributed by atoms with Crippen LogP contribution in [0.2, 0.25) is 0 Å². The van der Waals surface area contributed by atoms with Gasteiger partial charge in [0.05, 0.1) is 0 Å². The van der Waals surface area contributed by atoms with Crippen molar-refractivity contribution in [3.05, 3.63) is 68.4 Å². The van der Waals surface area contributed by atoms with Crippen molar-refractivity contribution in [2.75, 3.05) is 6.54 Å². The maximum atomic E-state index is 13.3. The Hall–Kier alpha value is -3.51. The van der Waals surface area contributed by atoms with Gasteiger partial charge in [0.2, 0.25) is 0 Å². The number of aryl methyl sites for hydroxylation is 1. The van der Waals surface area contributed by atoms with Gasteiger partial charge in [0.25, 0.3) is 5.56 Å². The molecule has 0 saturated heterocycles. The number of hydrogen-bond donors (Lipinski definition) is 1. The number of nitrogens with two attached hydrogens (primary N) is 1. The van der Waals surface area contributed by atoms with Crippen LogP contribution in [-0.2, 0) is 20.1 Å². The van der Waals surface area contributed by atoms with Crippen molar-refractivity contribution < 1.29 is 22.6 Å². The standard InChI is InChI=1S/C22H21ClF3N5O4/c1-29-18-17(19(32)30(10-9-27)21(29)33)31(12-13-5-7-14(23)8-6-13)20(28-18)34-15-3-2-4-16(11-15)35-22(24,25)26/h2-5,7-8,11,13H,6,9-10,12,27H2,1H3. The summed E-state index contributed by atoms with van der Waals surface area (Å²) in [5.74, 6) is -0.570. The van der Waals surface area contributed by atoms with Crippen LogP contribution in [0.5, 0.6) is 17.5 Å². The highest BCUT2D eigenvalue weighted by molar-refractivity contribution is 6.31. The number of halogens is 4. The van der Waals surface area contributed by atoms with E-state index >= 15 is 0 Å². The largest absolute Gasteiger partial charge is 0.573 e. The quantitative estimate of drug-likeness (QED) is 0.522. The molecule has 186 valence electrons. The fourth-order valence-corrected chi connectivity index (χ4v) is 3.94. The van der Waals surface area contributed by atoms with Crippen molar-refractivity contribution in [1.82, 2.24) is 18.7 Å². The van der Waals surface area contributed by atoms with E-state index in [0.29, 0.717) is 11.5 Å². The summed E-state index contributed by atoms with van der Waals surface area (Å²) in [4.78, 5) is 30.3. The number of ether oxygens (including phenoxy) is 2. The third-order valence-electron chi connectivity index (χ3n) is 5.36. The third-order valence-corrected chi connectivity index (χ3v) is 5.64. The van der Waals surface area contributed by atoms with Crippen LogP contribution >= 0.6 is 11.6 Å². The fourth-order valence-electron chi connectivity index (χ4n) is 3.77. The number of imidazole rings is 1. The first kappa shape index (κ1) is 24.6. The summed E-state index contributed by atoms with van der Waals surface area (Å²) in [7, 11) is 1.46. The van der Waals surface area contributed by atoms with E-state index < -0.39 is 23.4 Å². The predicted molar refractivity (Wildman–Crippen MR) is 123 cm³/mol. The SMILES string of the molecule is Cn1c(=O)n(CCN)c(=O)c2c1nc(Oc1cccc(OC(F)(F)F)c1)n2CC1C=CC(Cl)=CC1. The first-order chi connectivity index (χ1) is 16.6. The van der Waals surface area contributed by atoms with Gasteiger partial charge in [-0.1, -0.05) is 29.8 Å². The summed E-state index contributed by atoms with van der Waals surface area (Å²) in [6, 6.07) is 4.84. The predicted octanol–water partition coefficient (Wildman–Crippen LogP) is 3.25. The van der Waals surface area contributed by atoms with Crippen molar-refractivity contribution in [2.24, 2.45) is 18.7 Å². The molecule has 35 heavy (non-hydrogen) atoms. The minimum atomic E-state index is -4.87. The van der Waals surface area contributed by atoms with Gasteiger partial charge in [-0.2, -0.15) is 4.98 Å². The smallest absolute Gasteiger partial charge is 0.425 e. The van der Waals surface area contributed by atoms with Crippen molar-refractivity contribution in [2.45, 2.75) is 25.9 Å². The molecule has 2 aromatic heterocycles. The minimum Gasteiger partial charge on any atom is -0.425 e. The van der Waals surface area contributed by atoms with E-state index in [1.54, 1.807) is 6.08 Å². The number of aromatic nitrogens is 4. The molecule has 0 fully saturated rings. The van der Waals surface area contributed by atoms with Crippen LogP contribution in [0.4, 0.5) is 13.2 Å². The van der Waals surface area contributed by atoms with Crippen LogP contribution < -0.4 is 26.5 Å². The van der Waals surface area contributed by atoms with Gasteiger partial charge < -0.3 is 15.2 Å². The number of alkyl halides is 3. The molecule has 1 aliphatic rings. The van der Waals surface area contributed by atoms with Gasteiger partial charge in [-0.25, -0.2) is 4.79 Å². The lowest BCUT2D eigenvalue weighted by atomic mass is 10.0. The van der Waals surface area contributed by atoms with Gasteiger partial charge in [0, 0.05) is 37.8 Å². The van der Waals surface area contributed by atoms with Crippen LogP contribution in [0, 0.1) is 5.92 Å². The van der Waals surface area contributed by atoms with Crippen molar-refractivity contribution >= 4 is 22.8 Å². The molecular weight excluding hydrogens is 491 g/mol. The summed E-state index contributed by atoms with van der Waals surface area (Å²) < 4.78 is 51.4. The van der Waals surface area contributed by atoms with E-state index in [-0.39, 0.29) is 48.5 Å². The Balaban J connectivity index is 1.83. The molecule has 1 aromatic carbocycles. The molecule has 2 N–H and O–H groups in total. The van der Waals surface area contributed by atoms with Crippen LogP contribution in [-0.4, -0.2) is 31.6 Å². The van der Waals surface area contributed by atoms with Gasteiger partial charge in [0.15, 0.2) is 11.2 Å². The summed E-state index contributed by atoms with van der Waals surface area (Å²) in [5, 5.41) is 0.586. The van der Waals surface area contributed by atoms with Crippen molar-refractivity contribution in [3.63, 3.8) is 0 Å². The van der Waals surface area contributed by atoms with E-state index in [2.05, 4.69) is 9.72 Å². The molecule has 4 rings (SSSR count). The Morgan fingerprint density at radius 1 is 1.23 bits per heavy atom. The van der Waals surface area contributed by atoms with E-state index in [0.717, 1.165) is 16.7 Å². The molecule has 2 heterocycles. The van der Waals surface area contributed by atoms with E-state index in [9.17, 15) is 22.8 Å². The molecule has 9 nitrogen and oxygen atoms in total. The number of allylic oxidation sites excluding steroid dienone is 4. The van der Waals surface area contributed by atoms with Crippen LogP contribution in [0.3, 0.4) is 0 Å². The van der Waals surface area contributed by atoms with E-state index in [4.69, 9.17) is 22.1 Å². The average Bonchev–Trinajstić information content (AvgIpc) is 3.14. The third kappa shape index (κ3) is 5.28. The first-order valence-corrected chi connectivity index (χ1v) is 10.9. The van der Waals surface area contributed by atoms with E-state index in [1.807, 2.05) is 12.2 Å². The van der Waals surface area contributed by atoms with Gasteiger partial charge in [-0.05, 0) is 30.5 Å². The molecule has 0 saturated carbocycles. The second-order valence-corrected chi connectivity index (χ2v) is 8.27. The lowest BCUT2D eigenvalue weighted by Gasteiger charge is -2.17. The Bertz CT molecular complexity index is 1440. The molecule has 0 spiro atoms. The zero-order valence-corrected chi connectivity index (χ0v) is 19.2. The number of fused-ring (bicyclic) bond motifs is 1. The second-order valence-electron chi connectivity index (χ2n) is 7.83. The first-order valence-electron chi connectivity index (χ1n) is 10.5. The van der Waals surface area contributed by atoms with Gasteiger partial charge >= 0.3 is 18.1 Å². The average molecular weight is 512 g/mol. The molecule has 0 radical (unpaired) electrons. The highest BCUT2D eigenvalue weighted by Gasteiger charge is 2.31. The van der Waals surface area contributed by atoms with Gasteiger partial charge in [-0.15, -0.1) is 13.2 Å². The molecular formula is C22H21ClF3N5O4. The molecule has 1 unspecified atom stereocenters. The topological polar surface area (TPSA) is 106 Å². The van der Waals surface area contributed by atoms with Crippen LogP contribution in [0.25, 0.3) is 11.2 Å². The highest BCUT2D eigenvalue weighted by Crippen LogP contribution is 2.31. The summed E-state index contributed by atoms with van der Waals surface area (Å²) in [6.07, 6.45) is 1.13. The fraction of sp³-hybridized carbons (Fsp3) is 0.318. The maximum Gasteiger partial charge on any atom is 0.573 e. The van der Waals surface area contributed by atoms with Crippen molar-refractivity contribution in [1.29, 1.82) is 0 Å². The zero-order chi connectivity index (χ0) is 25.3. The highest BCUT2D eigenvalue weighted by atomic mass is 35.5. The molecule has 1 atom stereocenters. The minimum absolute atomic E-state index is 0.00131. The zero-order valence-electron chi connectivity index (χ0n) is 18.5. The number of rotatable bonds is 7. The lowest BCUT2D eigenvalue weighted by molar-refractivity contribution is -0.274. The Labute approximate surface area is 201 Å². The Morgan fingerprint density at radius 3 is 2.63 bits per heavy atom. The number of nitrogens with zero attached hydrogens (tertiary/aromatic N) is 4. The molecule has 0 amide bonds. The van der Waals surface area contributed by atoms with Gasteiger partial charge in [-0.3, -0.25) is 18.5 Å². The molecule has 3 aromatic rings. The Morgan fingerprint density at radius 2 is 1.97 bits per heavy atom. The van der Waals surface area contributed by atoms with Crippen molar-refractivity contribution in [3.8, 4) is 17.5 Å².